The number of thiophene rings is 1. The zero-order valence-electron chi connectivity index (χ0n) is 13.1. The molecular weight excluding hydrogens is 398 g/mol. The van der Waals surface area contributed by atoms with Gasteiger partial charge in [0.15, 0.2) is 0 Å². The molecule has 0 bridgehead atoms. The van der Waals surface area contributed by atoms with Crippen molar-refractivity contribution in [3.05, 3.63) is 82.0 Å². The number of pyridine rings is 1. The Morgan fingerprint density at radius 3 is 2.64 bits per heavy atom. The van der Waals surface area contributed by atoms with E-state index in [0.717, 1.165) is 25.9 Å². The van der Waals surface area contributed by atoms with Crippen LogP contribution in [-0.4, -0.2) is 15.5 Å². The maximum Gasteiger partial charge on any atom is 0.263 e. The van der Waals surface area contributed by atoms with Gasteiger partial charge in [-0.05, 0) is 42.0 Å². The first-order valence-corrected chi connectivity index (χ1v) is 9.37. The summed E-state index contributed by atoms with van der Waals surface area (Å²) in [6.07, 6.45) is 5.64. The topological polar surface area (TPSA) is 46.9 Å². The number of nitrogens with one attached hydrogen (secondary N) is 1. The van der Waals surface area contributed by atoms with Crippen LogP contribution in [0.25, 0.3) is 15.9 Å². The maximum atomic E-state index is 12.8. The van der Waals surface area contributed by atoms with Crippen molar-refractivity contribution in [3.8, 4) is 5.69 Å². The van der Waals surface area contributed by atoms with Crippen molar-refractivity contribution in [2.45, 2.75) is 6.54 Å². The molecule has 124 valence electrons. The van der Waals surface area contributed by atoms with Gasteiger partial charge >= 0.3 is 0 Å². The summed E-state index contributed by atoms with van der Waals surface area (Å²) in [6, 6.07) is 15.7. The average Bonchev–Trinajstić information content (AvgIpc) is 3.28. The minimum atomic E-state index is -0.0883. The number of fused-ring (bicyclic) bond motifs is 1. The molecule has 0 unspecified atom stereocenters. The van der Waals surface area contributed by atoms with E-state index in [2.05, 4.69) is 26.2 Å². The number of amides is 1. The Kier molecular flexibility index (Phi) is 4.38. The zero-order valence-corrected chi connectivity index (χ0v) is 15.5. The van der Waals surface area contributed by atoms with Crippen LogP contribution in [0.1, 0.15) is 15.2 Å². The fourth-order valence-electron chi connectivity index (χ4n) is 2.68. The normalized spacial score (nSPS) is 10.9. The lowest BCUT2D eigenvalue weighted by Gasteiger charge is -2.08. The van der Waals surface area contributed by atoms with E-state index >= 15 is 0 Å². The highest BCUT2D eigenvalue weighted by molar-refractivity contribution is 9.10. The Morgan fingerprint density at radius 2 is 1.88 bits per heavy atom. The van der Waals surface area contributed by atoms with Gasteiger partial charge in [-0.25, -0.2) is 4.98 Å². The van der Waals surface area contributed by atoms with Crippen LogP contribution in [0, 0.1) is 0 Å². The number of carbonyl (C=O) groups excluding carboxylic acids is 1. The number of aromatic nitrogens is 2. The summed E-state index contributed by atoms with van der Waals surface area (Å²) in [5.41, 5.74) is 1.93. The Hall–Kier alpha value is -2.44. The molecule has 0 saturated heterocycles. The first-order chi connectivity index (χ1) is 12.2. The maximum absolute atomic E-state index is 12.8. The van der Waals surface area contributed by atoms with Crippen LogP contribution in [0.3, 0.4) is 0 Å². The molecule has 0 fully saturated rings. The summed E-state index contributed by atoms with van der Waals surface area (Å²) in [7, 11) is 0. The first-order valence-electron chi connectivity index (χ1n) is 7.76. The molecule has 0 atom stereocenters. The van der Waals surface area contributed by atoms with Crippen molar-refractivity contribution >= 4 is 43.4 Å². The molecule has 0 aliphatic rings. The molecule has 1 aromatic carbocycles. The molecule has 0 radical (unpaired) electrons. The molecule has 1 amide bonds. The molecule has 1 N–H and O–H groups in total. The second-order valence-corrected chi connectivity index (χ2v) is 7.45. The minimum Gasteiger partial charge on any atom is -0.347 e. The Morgan fingerprint density at radius 1 is 1.12 bits per heavy atom. The van der Waals surface area contributed by atoms with Gasteiger partial charge in [0.2, 0.25) is 0 Å². The molecule has 0 saturated carbocycles. The molecule has 3 heterocycles. The Bertz CT molecular complexity index is 1020. The van der Waals surface area contributed by atoms with Gasteiger partial charge < -0.3 is 9.88 Å². The minimum absolute atomic E-state index is 0.0883. The van der Waals surface area contributed by atoms with Crippen LogP contribution in [0.15, 0.2) is 71.6 Å². The number of nitrogens with zero attached hydrogens (tertiary/aromatic N) is 2. The molecule has 4 rings (SSSR count). The van der Waals surface area contributed by atoms with E-state index in [-0.39, 0.29) is 5.91 Å². The van der Waals surface area contributed by atoms with E-state index in [4.69, 9.17) is 0 Å². The third-order valence-electron chi connectivity index (χ3n) is 3.88. The van der Waals surface area contributed by atoms with E-state index in [9.17, 15) is 4.79 Å². The number of halogens is 1. The Balaban J connectivity index is 1.67. The molecule has 4 nitrogen and oxygen atoms in total. The molecule has 0 aliphatic heterocycles. The standard InChI is InChI=1S/C19H14BrN3OS/c20-14-7-5-13(6-8-14)12-22-18(24)17-16(23-10-1-2-11-23)15-4-3-9-21-19(15)25-17/h1-11H,12H2,(H,22,24). The number of carbonyl (C=O) groups is 1. The molecule has 6 heteroatoms. The van der Waals surface area contributed by atoms with Crippen molar-refractivity contribution in [3.63, 3.8) is 0 Å². The van der Waals surface area contributed by atoms with Gasteiger partial charge in [0.25, 0.3) is 5.91 Å². The van der Waals surface area contributed by atoms with Crippen LogP contribution in [-0.2, 0) is 6.54 Å². The number of benzene rings is 1. The van der Waals surface area contributed by atoms with Gasteiger partial charge in [-0.1, -0.05) is 28.1 Å². The first kappa shape index (κ1) is 16.1. The fourth-order valence-corrected chi connectivity index (χ4v) is 4.00. The van der Waals surface area contributed by atoms with Gasteiger partial charge in [-0.15, -0.1) is 11.3 Å². The summed E-state index contributed by atoms with van der Waals surface area (Å²) in [5, 5.41) is 4.00. The van der Waals surface area contributed by atoms with Gasteiger partial charge in [-0.2, -0.15) is 0 Å². The lowest BCUT2D eigenvalue weighted by Crippen LogP contribution is -2.22. The van der Waals surface area contributed by atoms with Gasteiger partial charge in [0, 0.05) is 35.0 Å². The third kappa shape index (κ3) is 3.23. The van der Waals surface area contributed by atoms with Gasteiger partial charge in [0.1, 0.15) is 9.71 Å². The summed E-state index contributed by atoms with van der Waals surface area (Å²) < 4.78 is 2.99. The highest BCUT2D eigenvalue weighted by atomic mass is 79.9. The largest absolute Gasteiger partial charge is 0.347 e. The van der Waals surface area contributed by atoms with E-state index in [0.29, 0.717) is 11.4 Å². The van der Waals surface area contributed by atoms with E-state index < -0.39 is 0 Å². The van der Waals surface area contributed by atoms with Crippen molar-refractivity contribution < 1.29 is 4.79 Å². The second kappa shape index (κ2) is 6.82. The van der Waals surface area contributed by atoms with Crippen LogP contribution in [0.4, 0.5) is 0 Å². The molecule has 25 heavy (non-hydrogen) atoms. The van der Waals surface area contributed by atoms with Gasteiger partial charge in [-0.3, -0.25) is 4.79 Å². The lowest BCUT2D eigenvalue weighted by atomic mass is 10.2. The van der Waals surface area contributed by atoms with E-state index in [1.54, 1.807) is 6.20 Å². The van der Waals surface area contributed by atoms with E-state index in [1.807, 2.05) is 65.5 Å². The van der Waals surface area contributed by atoms with Crippen LogP contribution >= 0.6 is 27.3 Å². The van der Waals surface area contributed by atoms with E-state index in [1.165, 1.54) is 11.3 Å². The van der Waals surface area contributed by atoms with Crippen molar-refractivity contribution in [2.24, 2.45) is 0 Å². The highest BCUT2D eigenvalue weighted by Gasteiger charge is 2.19. The number of hydrogen-bond acceptors (Lipinski definition) is 3. The Labute approximate surface area is 157 Å². The zero-order chi connectivity index (χ0) is 17.2. The van der Waals surface area contributed by atoms with Crippen LogP contribution in [0.5, 0.6) is 0 Å². The molecular formula is C19H14BrN3OS. The average molecular weight is 412 g/mol. The quantitative estimate of drug-likeness (QED) is 0.525. The summed E-state index contributed by atoms with van der Waals surface area (Å²) >= 11 is 4.83. The predicted molar refractivity (Wildman–Crippen MR) is 104 cm³/mol. The molecule has 4 aromatic rings. The smallest absolute Gasteiger partial charge is 0.263 e. The fraction of sp³-hybridized carbons (Fsp3) is 0.0526. The third-order valence-corrected chi connectivity index (χ3v) is 5.51. The summed E-state index contributed by atoms with van der Waals surface area (Å²) in [6.45, 7) is 0.485. The van der Waals surface area contributed by atoms with Gasteiger partial charge in [0.05, 0.1) is 5.69 Å². The molecule has 0 aliphatic carbocycles. The SMILES string of the molecule is O=C(NCc1ccc(Br)cc1)c1sc2ncccc2c1-n1cccc1. The van der Waals surface area contributed by atoms with Crippen molar-refractivity contribution in [1.82, 2.24) is 14.9 Å². The van der Waals surface area contributed by atoms with Crippen LogP contribution < -0.4 is 5.32 Å². The number of hydrogen-bond donors (Lipinski definition) is 1. The monoisotopic (exact) mass is 411 g/mol. The van der Waals surface area contributed by atoms with Crippen molar-refractivity contribution in [2.75, 3.05) is 0 Å². The number of rotatable bonds is 4. The lowest BCUT2D eigenvalue weighted by molar-refractivity contribution is 0.0955. The summed E-state index contributed by atoms with van der Waals surface area (Å²) in [4.78, 5) is 18.8. The van der Waals surface area contributed by atoms with Crippen molar-refractivity contribution in [1.29, 1.82) is 0 Å². The second-order valence-electron chi connectivity index (χ2n) is 5.54. The highest BCUT2D eigenvalue weighted by Crippen LogP contribution is 2.33. The summed E-state index contributed by atoms with van der Waals surface area (Å²) in [5.74, 6) is -0.0883. The predicted octanol–water partition coefficient (Wildman–Crippen LogP) is 4.78. The van der Waals surface area contributed by atoms with Crippen LogP contribution in [0.2, 0.25) is 0 Å². The molecule has 0 spiro atoms. The molecule has 3 aromatic heterocycles.